The SMILES string of the molecule is C[Si](C)(C)CCOC(=O)NC1(CSc2nc3ccccc3cc2-c2ccccc2)CC1. The quantitative estimate of drug-likeness (QED) is 0.311. The van der Waals surface area contributed by atoms with Crippen molar-refractivity contribution < 1.29 is 9.53 Å². The lowest BCUT2D eigenvalue weighted by atomic mass is 10.1. The van der Waals surface area contributed by atoms with Crippen LogP contribution >= 0.6 is 11.8 Å². The Labute approximate surface area is 189 Å². The minimum absolute atomic E-state index is 0.178. The summed E-state index contributed by atoms with van der Waals surface area (Å²) in [7, 11) is -1.20. The molecule has 0 spiro atoms. The largest absolute Gasteiger partial charge is 0.450 e. The monoisotopic (exact) mass is 450 g/mol. The molecule has 2 aromatic carbocycles. The molecule has 1 aromatic heterocycles. The van der Waals surface area contributed by atoms with Gasteiger partial charge in [-0.25, -0.2) is 9.78 Å². The Balaban J connectivity index is 1.46. The standard InChI is InChI=1S/C25H30N2O2SSi/c1-31(2,3)16-15-29-24(28)27-25(13-14-25)18-30-23-21(19-9-5-4-6-10-19)17-20-11-7-8-12-22(20)26-23/h4-12,17H,13-16,18H2,1-3H3,(H,27,28). The number of fused-ring (bicyclic) bond motifs is 1. The third-order valence-corrected chi connectivity index (χ3v) is 8.55. The highest BCUT2D eigenvalue weighted by atomic mass is 32.2. The fourth-order valence-electron chi connectivity index (χ4n) is 3.40. The van der Waals surface area contributed by atoms with Gasteiger partial charge in [0.25, 0.3) is 0 Å². The number of pyridine rings is 1. The van der Waals surface area contributed by atoms with Crippen LogP contribution in [0.3, 0.4) is 0 Å². The summed E-state index contributed by atoms with van der Waals surface area (Å²) in [5, 5.41) is 5.27. The van der Waals surface area contributed by atoms with Gasteiger partial charge in [0.2, 0.25) is 0 Å². The molecule has 1 amide bonds. The second-order valence-corrected chi connectivity index (χ2v) is 16.1. The van der Waals surface area contributed by atoms with Crippen LogP contribution in [0, 0.1) is 0 Å². The van der Waals surface area contributed by atoms with Gasteiger partial charge in [-0.15, -0.1) is 11.8 Å². The molecule has 1 fully saturated rings. The zero-order valence-corrected chi connectivity index (χ0v) is 20.3. The van der Waals surface area contributed by atoms with Crippen LogP contribution in [-0.2, 0) is 4.74 Å². The highest BCUT2D eigenvalue weighted by Crippen LogP contribution is 2.42. The first kappa shape index (κ1) is 21.9. The van der Waals surface area contributed by atoms with Gasteiger partial charge in [-0.3, -0.25) is 0 Å². The molecule has 162 valence electrons. The average molecular weight is 451 g/mol. The van der Waals surface area contributed by atoms with E-state index in [4.69, 9.17) is 9.72 Å². The number of alkyl carbamates (subject to hydrolysis) is 1. The molecule has 1 aliphatic carbocycles. The molecule has 3 aromatic rings. The number of aromatic nitrogens is 1. The van der Waals surface area contributed by atoms with Crippen LogP contribution in [0.2, 0.25) is 25.7 Å². The maximum absolute atomic E-state index is 12.3. The van der Waals surface area contributed by atoms with E-state index < -0.39 is 8.07 Å². The van der Waals surface area contributed by atoms with E-state index in [1.165, 1.54) is 0 Å². The van der Waals surface area contributed by atoms with Crippen LogP contribution in [0.15, 0.2) is 65.7 Å². The predicted molar refractivity (Wildman–Crippen MR) is 133 cm³/mol. The minimum atomic E-state index is -1.20. The number of hydrogen-bond donors (Lipinski definition) is 1. The van der Waals surface area contributed by atoms with Crippen molar-refractivity contribution in [3.8, 4) is 11.1 Å². The van der Waals surface area contributed by atoms with Gasteiger partial charge in [0.15, 0.2) is 0 Å². The molecule has 6 heteroatoms. The molecule has 0 saturated heterocycles. The van der Waals surface area contributed by atoms with Crippen molar-refractivity contribution in [2.75, 3.05) is 12.4 Å². The molecular formula is C25H30N2O2SSi. The summed E-state index contributed by atoms with van der Waals surface area (Å²) in [6.07, 6.45) is 1.68. The van der Waals surface area contributed by atoms with Crippen molar-refractivity contribution >= 4 is 36.8 Å². The number of thioether (sulfide) groups is 1. The minimum Gasteiger partial charge on any atom is -0.450 e. The van der Waals surface area contributed by atoms with Crippen LogP contribution in [0.4, 0.5) is 4.79 Å². The van der Waals surface area contributed by atoms with Crippen LogP contribution in [0.1, 0.15) is 12.8 Å². The number of hydrogen-bond acceptors (Lipinski definition) is 4. The van der Waals surface area contributed by atoms with Gasteiger partial charge in [0.1, 0.15) is 5.03 Å². The highest BCUT2D eigenvalue weighted by molar-refractivity contribution is 7.99. The van der Waals surface area contributed by atoms with Crippen LogP contribution in [0.25, 0.3) is 22.0 Å². The molecule has 31 heavy (non-hydrogen) atoms. The van der Waals surface area contributed by atoms with Crippen molar-refractivity contribution in [2.24, 2.45) is 0 Å². The summed E-state index contributed by atoms with van der Waals surface area (Å²) in [5.41, 5.74) is 3.11. The van der Waals surface area contributed by atoms with Crippen molar-refractivity contribution in [3.05, 3.63) is 60.7 Å². The summed E-state index contributed by atoms with van der Waals surface area (Å²) in [6, 6.07) is 21.8. The smallest absolute Gasteiger partial charge is 0.407 e. The summed E-state index contributed by atoms with van der Waals surface area (Å²) in [4.78, 5) is 17.3. The molecule has 1 heterocycles. The van der Waals surface area contributed by atoms with E-state index in [1.807, 2.05) is 18.2 Å². The van der Waals surface area contributed by atoms with Crippen molar-refractivity contribution in [1.82, 2.24) is 10.3 Å². The Bertz CT molecular complexity index is 1060. The first-order chi connectivity index (χ1) is 14.8. The summed E-state index contributed by atoms with van der Waals surface area (Å²) >= 11 is 1.72. The number of nitrogens with one attached hydrogen (secondary N) is 1. The van der Waals surface area contributed by atoms with E-state index >= 15 is 0 Å². The maximum Gasteiger partial charge on any atom is 0.407 e. The second kappa shape index (κ2) is 9.05. The van der Waals surface area contributed by atoms with Gasteiger partial charge in [0.05, 0.1) is 17.7 Å². The van der Waals surface area contributed by atoms with Crippen LogP contribution < -0.4 is 5.32 Å². The third-order valence-electron chi connectivity index (χ3n) is 5.56. The van der Waals surface area contributed by atoms with Crippen LogP contribution in [0.5, 0.6) is 0 Å². The molecule has 4 nitrogen and oxygen atoms in total. The van der Waals surface area contributed by atoms with E-state index in [2.05, 4.69) is 67.4 Å². The number of nitrogens with zero attached hydrogens (tertiary/aromatic N) is 1. The van der Waals surface area contributed by atoms with Gasteiger partial charge >= 0.3 is 6.09 Å². The number of para-hydroxylation sites is 1. The second-order valence-electron chi connectivity index (χ2n) is 9.54. The van der Waals surface area contributed by atoms with E-state index in [0.29, 0.717) is 6.61 Å². The predicted octanol–water partition coefficient (Wildman–Crippen LogP) is 6.59. The van der Waals surface area contributed by atoms with Crippen molar-refractivity contribution in [2.45, 2.75) is 49.1 Å². The normalized spacial score (nSPS) is 14.9. The van der Waals surface area contributed by atoms with E-state index in [9.17, 15) is 4.79 Å². The fraction of sp³-hybridized carbons (Fsp3) is 0.360. The first-order valence-electron chi connectivity index (χ1n) is 10.9. The molecule has 0 atom stereocenters. The van der Waals surface area contributed by atoms with Gasteiger partial charge in [-0.05, 0) is 36.6 Å². The number of benzene rings is 2. The zero-order valence-electron chi connectivity index (χ0n) is 18.5. The average Bonchev–Trinajstić information content (AvgIpc) is 3.50. The molecule has 4 rings (SSSR count). The molecule has 1 N–H and O–H groups in total. The molecule has 0 bridgehead atoms. The lowest BCUT2D eigenvalue weighted by Crippen LogP contribution is -2.39. The maximum atomic E-state index is 12.3. The molecule has 0 unspecified atom stereocenters. The van der Waals surface area contributed by atoms with Gasteiger partial charge in [-0.1, -0.05) is 68.2 Å². The van der Waals surface area contributed by atoms with Crippen molar-refractivity contribution in [1.29, 1.82) is 0 Å². The Kier molecular flexibility index (Phi) is 6.39. The lowest BCUT2D eigenvalue weighted by molar-refractivity contribution is 0.147. The summed E-state index contributed by atoms with van der Waals surface area (Å²) < 4.78 is 5.46. The van der Waals surface area contributed by atoms with E-state index in [1.54, 1.807) is 11.8 Å². The highest BCUT2D eigenvalue weighted by Gasteiger charge is 2.44. The van der Waals surface area contributed by atoms with Crippen molar-refractivity contribution in [3.63, 3.8) is 0 Å². The topological polar surface area (TPSA) is 51.2 Å². The number of carbonyl (C=O) groups excluding carboxylic acids is 1. The van der Waals surface area contributed by atoms with E-state index in [0.717, 1.165) is 51.7 Å². The number of rotatable bonds is 8. The van der Waals surface area contributed by atoms with Gasteiger partial charge in [0, 0.05) is 24.8 Å². The van der Waals surface area contributed by atoms with Gasteiger partial charge in [-0.2, -0.15) is 0 Å². The summed E-state index contributed by atoms with van der Waals surface area (Å²) in [5.74, 6) is 0.793. The van der Waals surface area contributed by atoms with Gasteiger partial charge < -0.3 is 10.1 Å². The summed E-state index contributed by atoms with van der Waals surface area (Å²) in [6.45, 7) is 7.37. The molecule has 1 aliphatic rings. The Morgan fingerprint density at radius 2 is 1.81 bits per heavy atom. The van der Waals surface area contributed by atoms with Crippen LogP contribution in [-0.4, -0.2) is 37.0 Å². The molecular weight excluding hydrogens is 420 g/mol. The lowest BCUT2D eigenvalue weighted by Gasteiger charge is -2.19. The number of carbonyl (C=O) groups is 1. The number of amides is 1. The third kappa shape index (κ3) is 5.89. The molecule has 0 radical (unpaired) electrons. The zero-order chi connectivity index (χ0) is 21.9. The van der Waals surface area contributed by atoms with E-state index in [-0.39, 0.29) is 11.6 Å². The fourth-order valence-corrected chi connectivity index (χ4v) is 5.38. The Morgan fingerprint density at radius 1 is 1.10 bits per heavy atom. The molecule has 0 aliphatic heterocycles. The first-order valence-corrected chi connectivity index (χ1v) is 15.6. The molecule has 1 saturated carbocycles. The Hall–Kier alpha value is -2.31. The number of ether oxygens (including phenoxy) is 1. The Morgan fingerprint density at radius 3 is 2.52 bits per heavy atom.